The molecule has 0 bridgehead atoms. The molecule has 1 N–H and O–H groups in total. The third-order valence-corrected chi connectivity index (χ3v) is 11.5. The van der Waals surface area contributed by atoms with Gasteiger partial charge in [-0.15, -0.1) is 0 Å². The molecule has 1 aromatic carbocycles. The van der Waals surface area contributed by atoms with E-state index in [0.717, 1.165) is 31.4 Å². The maximum absolute atomic E-state index is 14.4. The number of hydrogen-bond acceptors (Lipinski definition) is 8. The number of likely N-dealkylation sites (N-methyl/N-ethyl adjacent to an activating group) is 1. The van der Waals surface area contributed by atoms with Crippen LogP contribution in [0, 0.1) is 18.3 Å². The number of anilines is 2. The van der Waals surface area contributed by atoms with Gasteiger partial charge in [-0.05, 0) is 70.7 Å². The molecule has 2 saturated heterocycles. The summed E-state index contributed by atoms with van der Waals surface area (Å²) in [5.41, 5.74) is -1.15. The SMILES string of the molecule is Cc1cc(N2C[C@H](S(=O)(=O)c3ccc(N4CCN(C)CC4)cc3C(F)(F)F)C[C@H]2C(=O)NC2(C#N)CC2)n(C2CCC2)n1. The van der Waals surface area contributed by atoms with Crippen LogP contribution in [0.25, 0.3) is 0 Å². The number of alkyl halides is 3. The number of piperazine rings is 1. The zero-order valence-corrected chi connectivity index (χ0v) is 25.1. The number of aryl methyl sites for hydroxylation is 1. The second-order valence-corrected chi connectivity index (χ2v) is 14.6. The van der Waals surface area contributed by atoms with Gasteiger partial charge in [0.05, 0.1) is 33.5 Å². The Kier molecular flexibility index (Phi) is 7.40. The van der Waals surface area contributed by atoms with Crippen LogP contribution < -0.4 is 15.1 Å². The van der Waals surface area contributed by atoms with E-state index in [1.54, 1.807) is 11.0 Å². The Balaban J connectivity index is 1.35. The summed E-state index contributed by atoms with van der Waals surface area (Å²) in [6.45, 7) is 4.08. The van der Waals surface area contributed by atoms with Gasteiger partial charge in [-0.2, -0.15) is 23.5 Å². The molecule has 2 aliphatic heterocycles. The molecule has 0 radical (unpaired) electrons. The normalized spacial score (nSPS) is 24.5. The minimum Gasteiger partial charge on any atom is -0.369 e. The molecule has 4 fully saturated rings. The molecule has 4 aliphatic rings. The second kappa shape index (κ2) is 10.7. The number of hydrogen-bond donors (Lipinski definition) is 1. The third kappa shape index (κ3) is 5.57. The first kappa shape index (κ1) is 29.7. The van der Waals surface area contributed by atoms with Crippen LogP contribution in [0.5, 0.6) is 0 Å². The summed E-state index contributed by atoms with van der Waals surface area (Å²) in [5.74, 6) is 0.0699. The Labute approximate surface area is 249 Å². The molecule has 1 amide bonds. The molecule has 3 heterocycles. The van der Waals surface area contributed by atoms with E-state index in [9.17, 15) is 31.6 Å². The number of nitriles is 1. The average molecular weight is 620 g/mol. The summed E-state index contributed by atoms with van der Waals surface area (Å²) in [4.78, 5) is 18.4. The smallest absolute Gasteiger partial charge is 0.369 e. The standard InChI is InChI=1S/C29H36F3N7O3S/c1-19-14-26(39(35-19)20-4-3-5-20)38-17-22(16-24(38)27(40)34-28(18-33)8-9-28)43(41,42)25-7-6-21(15-23(25)29(30,31)32)37-12-10-36(2)11-13-37/h6-7,14-15,20,22,24H,3-5,8-13,16-17H2,1-2H3,(H,34,40)/t22-,24+/m1/s1. The van der Waals surface area contributed by atoms with Gasteiger partial charge in [0.25, 0.3) is 0 Å². The van der Waals surface area contributed by atoms with Gasteiger partial charge in [-0.25, -0.2) is 13.1 Å². The van der Waals surface area contributed by atoms with Crippen molar-refractivity contribution in [1.82, 2.24) is 20.0 Å². The fraction of sp³-hybridized carbons (Fsp3) is 0.621. The molecule has 10 nitrogen and oxygen atoms in total. The number of halogens is 3. The van der Waals surface area contributed by atoms with Crippen LogP contribution in [0.1, 0.15) is 55.8 Å². The van der Waals surface area contributed by atoms with Crippen LogP contribution in [-0.4, -0.2) is 85.6 Å². The quantitative estimate of drug-likeness (QED) is 0.503. The maximum atomic E-state index is 14.4. The van der Waals surface area contributed by atoms with Crippen molar-refractivity contribution in [1.29, 1.82) is 5.26 Å². The number of nitrogens with one attached hydrogen (secondary N) is 1. The van der Waals surface area contributed by atoms with Gasteiger partial charge in [-0.3, -0.25) is 4.79 Å². The molecule has 2 aromatic rings. The van der Waals surface area contributed by atoms with Crippen molar-refractivity contribution in [3.05, 3.63) is 35.5 Å². The molecular weight excluding hydrogens is 583 g/mol. The summed E-state index contributed by atoms with van der Waals surface area (Å²) >= 11 is 0. The first-order chi connectivity index (χ1) is 20.3. The summed E-state index contributed by atoms with van der Waals surface area (Å²) in [7, 11) is -2.59. The van der Waals surface area contributed by atoms with E-state index < -0.39 is 49.2 Å². The van der Waals surface area contributed by atoms with E-state index in [2.05, 4.69) is 21.4 Å². The molecule has 0 spiro atoms. The lowest BCUT2D eigenvalue weighted by Gasteiger charge is -2.34. The highest BCUT2D eigenvalue weighted by molar-refractivity contribution is 7.92. The monoisotopic (exact) mass is 619 g/mol. The summed E-state index contributed by atoms with van der Waals surface area (Å²) < 4.78 is 73.3. The van der Waals surface area contributed by atoms with Crippen LogP contribution in [0.3, 0.4) is 0 Å². The predicted molar refractivity (Wildman–Crippen MR) is 153 cm³/mol. The number of benzene rings is 1. The number of amides is 1. The van der Waals surface area contributed by atoms with Gasteiger partial charge in [0.15, 0.2) is 9.84 Å². The number of nitrogens with zero attached hydrogens (tertiary/aromatic N) is 6. The molecule has 0 unspecified atom stereocenters. The lowest BCUT2D eigenvalue weighted by molar-refractivity contribution is -0.139. The third-order valence-electron chi connectivity index (χ3n) is 9.33. The van der Waals surface area contributed by atoms with Crippen molar-refractivity contribution >= 4 is 27.2 Å². The van der Waals surface area contributed by atoms with Crippen LogP contribution >= 0.6 is 0 Å². The summed E-state index contributed by atoms with van der Waals surface area (Å²) in [5, 5.41) is 15.7. The van der Waals surface area contributed by atoms with Crippen LogP contribution in [0.15, 0.2) is 29.2 Å². The molecule has 14 heteroatoms. The molecule has 1 aromatic heterocycles. The Morgan fingerprint density at radius 1 is 1.14 bits per heavy atom. The van der Waals surface area contributed by atoms with Crippen molar-refractivity contribution in [3.63, 3.8) is 0 Å². The lowest BCUT2D eigenvalue weighted by atomic mass is 9.93. The number of carbonyl (C=O) groups is 1. The van der Waals surface area contributed by atoms with E-state index in [4.69, 9.17) is 0 Å². The van der Waals surface area contributed by atoms with E-state index in [-0.39, 0.29) is 19.0 Å². The van der Waals surface area contributed by atoms with Crippen molar-refractivity contribution in [2.45, 2.75) is 79.4 Å². The molecule has 6 rings (SSSR count). The Morgan fingerprint density at radius 2 is 1.84 bits per heavy atom. The van der Waals surface area contributed by atoms with Gasteiger partial charge in [0.2, 0.25) is 5.91 Å². The van der Waals surface area contributed by atoms with E-state index in [1.165, 1.54) is 6.07 Å². The Bertz CT molecular complexity index is 1550. The number of carbonyl (C=O) groups excluding carboxylic acids is 1. The van der Waals surface area contributed by atoms with Crippen LogP contribution in [-0.2, 0) is 20.8 Å². The fourth-order valence-electron chi connectivity index (χ4n) is 6.28. The largest absolute Gasteiger partial charge is 0.417 e. The van der Waals surface area contributed by atoms with E-state index in [0.29, 0.717) is 56.2 Å². The molecule has 43 heavy (non-hydrogen) atoms. The highest BCUT2D eigenvalue weighted by Crippen LogP contribution is 2.43. The molecular formula is C29H36F3N7O3S. The van der Waals surface area contributed by atoms with Gasteiger partial charge in [0.1, 0.15) is 17.4 Å². The average Bonchev–Trinajstić information content (AvgIpc) is 3.37. The predicted octanol–water partition coefficient (Wildman–Crippen LogP) is 3.28. The minimum atomic E-state index is -4.90. The van der Waals surface area contributed by atoms with Gasteiger partial charge in [-0.1, -0.05) is 0 Å². The number of sulfone groups is 1. The van der Waals surface area contributed by atoms with E-state index in [1.807, 2.05) is 23.6 Å². The van der Waals surface area contributed by atoms with Crippen molar-refractivity contribution in [2.24, 2.45) is 0 Å². The molecule has 2 atom stereocenters. The minimum absolute atomic E-state index is 0.107. The zero-order valence-electron chi connectivity index (χ0n) is 24.3. The summed E-state index contributed by atoms with van der Waals surface area (Å²) in [6, 6.07) is 6.49. The molecule has 2 saturated carbocycles. The number of aromatic nitrogens is 2. The lowest BCUT2D eigenvalue weighted by Crippen LogP contribution is -2.48. The first-order valence-corrected chi connectivity index (χ1v) is 16.3. The van der Waals surface area contributed by atoms with Crippen LogP contribution in [0.4, 0.5) is 24.7 Å². The van der Waals surface area contributed by atoms with Crippen molar-refractivity contribution in [2.75, 3.05) is 49.6 Å². The van der Waals surface area contributed by atoms with Crippen molar-refractivity contribution < 1.29 is 26.4 Å². The molecule has 232 valence electrons. The molecule has 2 aliphatic carbocycles. The Morgan fingerprint density at radius 3 is 2.42 bits per heavy atom. The van der Waals surface area contributed by atoms with Gasteiger partial charge >= 0.3 is 6.18 Å². The maximum Gasteiger partial charge on any atom is 0.417 e. The van der Waals surface area contributed by atoms with E-state index >= 15 is 0 Å². The zero-order chi connectivity index (χ0) is 30.7. The van der Waals surface area contributed by atoms with Gasteiger partial charge < -0.3 is 20.0 Å². The van der Waals surface area contributed by atoms with Crippen LogP contribution in [0.2, 0.25) is 0 Å². The highest BCUT2D eigenvalue weighted by Gasteiger charge is 2.51. The van der Waals surface area contributed by atoms with Crippen molar-refractivity contribution in [3.8, 4) is 6.07 Å². The highest BCUT2D eigenvalue weighted by atomic mass is 32.2. The Hall–Kier alpha value is -3.31. The summed E-state index contributed by atoms with van der Waals surface area (Å²) in [6.07, 6.45) is -1.29. The topological polar surface area (TPSA) is 115 Å². The first-order valence-electron chi connectivity index (χ1n) is 14.8. The second-order valence-electron chi connectivity index (χ2n) is 12.4. The fourth-order valence-corrected chi connectivity index (χ4v) is 8.17. The number of rotatable bonds is 7. The van der Waals surface area contributed by atoms with Gasteiger partial charge in [0, 0.05) is 44.5 Å².